The van der Waals surface area contributed by atoms with Crippen molar-refractivity contribution in [1.82, 2.24) is 10.2 Å². The molecule has 0 aromatic carbocycles. The van der Waals surface area contributed by atoms with Crippen LogP contribution in [0.15, 0.2) is 0 Å². The first-order valence-corrected chi connectivity index (χ1v) is 6.54. The highest BCUT2D eigenvalue weighted by Crippen LogP contribution is 2.23. The Kier molecular flexibility index (Phi) is 8.07. The van der Waals surface area contributed by atoms with E-state index in [1.165, 1.54) is 32.5 Å². The molecule has 0 saturated carbocycles. The molecule has 0 amide bonds. The fraction of sp³-hybridized carbons (Fsp3) is 1.00. The molecule has 0 saturated heterocycles. The summed E-state index contributed by atoms with van der Waals surface area (Å²) in [6.45, 7) is 17.2. The minimum atomic E-state index is 0.441. The smallest absolute Gasteiger partial charge is 0.00472 e. The molecule has 0 aromatic rings. The summed E-state index contributed by atoms with van der Waals surface area (Å²) in [6.07, 6.45) is 2.60. The van der Waals surface area contributed by atoms with Gasteiger partial charge in [-0.15, -0.1) is 0 Å². The molecule has 0 aliphatic rings. The van der Waals surface area contributed by atoms with Crippen molar-refractivity contribution in [2.75, 3.05) is 32.7 Å². The molecule has 2 nitrogen and oxygen atoms in total. The minimum absolute atomic E-state index is 0.441. The molecule has 0 bridgehead atoms. The van der Waals surface area contributed by atoms with Crippen molar-refractivity contribution >= 4 is 0 Å². The summed E-state index contributed by atoms with van der Waals surface area (Å²) in [7, 11) is 0. The van der Waals surface area contributed by atoms with Gasteiger partial charge in [-0.2, -0.15) is 0 Å². The molecule has 1 atom stereocenters. The number of nitrogens with zero attached hydrogens (tertiary/aromatic N) is 1. The average molecular weight is 214 g/mol. The van der Waals surface area contributed by atoms with E-state index in [-0.39, 0.29) is 0 Å². The molecule has 0 aliphatic carbocycles. The normalized spacial score (nSPS) is 15.6. The second-order valence-corrected chi connectivity index (χ2v) is 4.80. The first-order valence-electron chi connectivity index (χ1n) is 6.54. The van der Waals surface area contributed by atoms with E-state index < -0.39 is 0 Å². The van der Waals surface area contributed by atoms with E-state index >= 15 is 0 Å². The van der Waals surface area contributed by atoms with Crippen LogP contribution in [-0.4, -0.2) is 37.6 Å². The van der Waals surface area contributed by atoms with Crippen LogP contribution in [0.1, 0.15) is 47.5 Å². The number of hydrogen-bond donors (Lipinski definition) is 1. The van der Waals surface area contributed by atoms with Crippen molar-refractivity contribution < 1.29 is 0 Å². The van der Waals surface area contributed by atoms with Crippen LogP contribution in [0.5, 0.6) is 0 Å². The van der Waals surface area contributed by atoms with Gasteiger partial charge in [0.2, 0.25) is 0 Å². The maximum atomic E-state index is 3.50. The van der Waals surface area contributed by atoms with Crippen molar-refractivity contribution in [3.8, 4) is 0 Å². The Morgan fingerprint density at radius 2 is 1.67 bits per heavy atom. The van der Waals surface area contributed by atoms with Gasteiger partial charge >= 0.3 is 0 Å². The summed E-state index contributed by atoms with van der Waals surface area (Å²) in [5.74, 6) is 0. The Bertz CT molecular complexity index is 143. The Labute approximate surface area is 96.4 Å². The maximum Gasteiger partial charge on any atom is 0.00472 e. The van der Waals surface area contributed by atoms with Gasteiger partial charge in [0, 0.05) is 13.1 Å². The van der Waals surface area contributed by atoms with Gasteiger partial charge < -0.3 is 10.2 Å². The number of nitrogens with one attached hydrogen (secondary N) is 1. The van der Waals surface area contributed by atoms with Crippen molar-refractivity contribution in [2.24, 2.45) is 5.41 Å². The van der Waals surface area contributed by atoms with Crippen molar-refractivity contribution in [3.63, 3.8) is 0 Å². The molecule has 0 spiro atoms. The molecule has 0 fully saturated rings. The van der Waals surface area contributed by atoms with Crippen LogP contribution in [0.2, 0.25) is 0 Å². The molecule has 0 radical (unpaired) electrons. The van der Waals surface area contributed by atoms with Crippen LogP contribution in [0.4, 0.5) is 0 Å². The largest absolute Gasteiger partial charge is 0.316 e. The number of hydrogen-bond acceptors (Lipinski definition) is 2. The molecule has 92 valence electrons. The van der Waals surface area contributed by atoms with Gasteiger partial charge in [-0.25, -0.2) is 0 Å². The first kappa shape index (κ1) is 14.9. The summed E-state index contributed by atoms with van der Waals surface area (Å²) in [5, 5.41) is 3.50. The summed E-state index contributed by atoms with van der Waals surface area (Å²) in [4.78, 5) is 2.53. The van der Waals surface area contributed by atoms with Crippen molar-refractivity contribution in [2.45, 2.75) is 47.5 Å². The molecule has 0 aliphatic heterocycles. The average Bonchev–Trinajstić information content (AvgIpc) is 2.24. The summed E-state index contributed by atoms with van der Waals surface area (Å²) in [6, 6.07) is 0. The van der Waals surface area contributed by atoms with Gasteiger partial charge in [0.1, 0.15) is 0 Å². The van der Waals surface area contributed by atoms with Crippen LogP contribution in [0, 0.1) is 5.41 Å². The Balaban J connectivity index is 4.20. The van der Waals surface area contributed by atoms with Crippen molar-refractivity contribution in [3.05, 3.63) is 0 Å². The molecule has 2 heteroatoms. The van der Waals surface area contributed by atoms with Crippen LogP contribution >= 0.6 is 0 Å². The van der Waals surface area contributed by atoms with E-state index in [1.54, 1.807) is 0 Å². The molecular weight excluding hydrogens is 184 g/mol. The van der Waals surface area contributed by atoms with E-state index in [0.717, 1.165) is 13.1 Å². The molecule has 15 heavy (non-hydrogen) atoms. The Hall–Kier alpha value is -0.0800. The summed E-state index contributed by atoms with van der Waals surface area (Å²) < 4.78 is 0. The Morgan fingerprint density at radius 3 is 2.07 bits per heavy atom. The third-order valence-corrected chi connectivity index (χ3v) is 3.16. The zero-order chi connectivity index (χ0) is 11.7. The van der Waals surface area contributed by atoms with Crippen molar-refractivity contribution in [1.29, 1.82) is 0 Å². The highest BCUT2D eigenvalue weighted by molar-refractivity contribution is 4.80. The quantitative estimate of drug-likeness (QED) is 0.635. The van der Waals surface area contributed by atoms with Gasteiger partial charge in [0.05, 0.1) is 0 Å². The van der Waals surface area contributed by atoms with E-state index in [1.807, 2.05) is 0 Å². The molecule has 1 unspecified atom stereocenters. The van der Waals surface area contributed by atoms with Gasteiger partial charge in [-0.05, 0) is 31.5 Å². The zero-order valence-corrected chi connectivity index (χ0v) is 11.4. The summed E-state index contributed by atoms with van der Waals surface area (Å²) >= 11 is 0. The van der Waals surface area contributed by atoms with Crippen LogP contribution in [-0.2, 0) is 0 Å². The second kappa shape index (κ2) is 8.12. The SMILES string of the molecule is CCCC(C)(CNCC)CN(CC)CC. The number of rotatable bonds is 9. The highest BCUT2D eigenvalue weighted by Gasteiger charge is 2.24. The molecule has 0 aromatic heterocycles. The fourth-order valence-corrected chi connectivity index (χ4v) is 2.24. The molecule has 0 rings (SSSR count). The standard InChI is InChI=1S/C13H30N2/c1-6-10-13(5,11-14-7-2)12-15(8-3)9-4/h14H,6-12H2,1-5H3. The topological polar surface area (TPSA) is 15.3 Å². The zero-order valence-electron chi connectivity index (χ0n) is 11.4. The fourth-order valence-electron chi connectivity index (χ4n) is 2.24. The van der Waals surface area contributed by atoms with E-state index in [2.05, 4.69) is 44.8 Å². The third kappa shape index (κ3) is 6.16. The third-order valence-electron chi connectivity index (χ3n) is 3.16. The van der Waals surface area contributed by atoms with Gasteiger partial charge in [0.25, 0.3) is 0 Å². The lowest BCUT2D eigenvalue weighted by molar-refractivity contribution is 0.160. The Morgan fingerprint density at radius 1 is 1.07 bits per heavy atom. The van der Waals surface area contributed by atoms with Crippen LogP contribution in [0.25, 0.3) is 0 Å². The van der Waals surface area contributed by atoms with E-state index in [0.29, 0.717) is 5.41 Å². The molecule has 0 heterocycles. The van der Waals surface area contributed by atoms with E-state index in [4.69, 9.17) is 0 Å². The van der Waals surface area contributed by atoms with Gasteiger partial charge in [-0.3, -0.25) is 0 Å². The first-order chi connectivity index (χ1) is 7.11. The van der Waals surface area contributed by atoms with Crippen LogP contribution < -0.4 is 5.32 Å². The van der Waals surface area contributed by atoms with Crippen LogP contribution in [0.3, 0.4) is 0 Å². The minimum Gasteiger partial charge on any atom is -0.316 e. The van der Waals surface area contributed by atoms with E-state index in [9.17, 15) is 0 Å². The predicted octanol–water partition coefficient (Wildman–Crippen LogP) is 2.74. The highest BCUT2D eigenvalue weighted by atomic mass is 15.1. The summed E-state index contributed by atoms with van der Waals surface area (Å²) in [5.41, 5.74) is 0.441. The monoisotopic (exact) mass is 214 g/mol. The van der Waals surface area contributed by atoms with Gasteiger partial charge in [-0.1, -0.05) is 41.0 Å². The molecule has 1 N–H and O–H groups in total. The maximum absolute atomic E-state index is 3.50. The molecular formula is C13H30N2. The predicted molar refractivity (Wildman–Crippen MR) is 69.3 cm³/mol. The van der Waals surface area contributed by atoms with Gasteiger partial charge in [0.15, 0.2) is 0 Å². The lowest BCUT2D eigenvalue weighted by Gasteiger charge is -2.35. The second-order valence-electron chi connectivity index (χ2n) is 4.80. The lowest BCUT2D eigenvalue weighted by Crippen LogP contribution is -2.42. The lowest BCUT2D eigenvalue weighted by atomic mass is 9.84.